The van der Waals surface area contributed by atoms with Gasteiger partial charge in [-0.2, -0.15) is 0 Å². The topological polar surface area (TPSA) is 91.2 Å². The zero-order valence-electron chi connectivity index (χ0n) is 17.8. The number of amides is 1. The normalized spacial score (nSPS) is 10.9. The fourth-order valence-corrected chi connectivity index (χ4v) is 4.04. The molecule has 0 unspecified atom stereocenters. The third kappa shape index (κ3) is 5.32. The second-order valence-corrected chi connectivity index (χ2v) is 8.36. The predicted octanol–water partition coefficient (Wildman–Crippen LogP) is 4.65. The highest BCUT2D eigenvalue weighted by atomic mass is 35.5. The van der Waals surface area contributed by atoms with E-state index in [0.29, 0.717) is 39.7 Å². The van der Waals surface area contributed by atoms with Gasteiger partial charge in [-0.15, -0.1) is 0 Å². The van der Waals surface area contributed by atoms with Gasteiger partial charge in [-0.1, -0.05) is 29.3 Å². The summed E-state index contributed by atoms with van der Waals surface area (Å²) in [5, 5.41) is 15.1. The van der Waals surface area contributed by atoms with Crippen LogP contribution in [0.3, 0.4) is 0 Å². The summed E-state index contributed by atoms with van der Waals surface area (Å²) in [4.78, 5) is 28.0. The molecule has 0 spiro atoms. The molecule has 3 aromatic heterocycles. The molecule has 4 rings (SSSR count). The highest BCUT2D eigenvalue weighted by Gasteiger charge is 2.21. The van der Waals surface area contributed by atoms with Crippen LogP contribution in [0.25, 0.3) is 10.9 Å². The molecular formula is C24H21Cl2N5O2. The molecule has 2 N–H and O–H groups in total. The van der Waals surface area contributed by atoms with Gasteiger partial charge in [0, 0.05) is 60.1 Å². The van der Waals surface area contributed by atoms with Crippen molar-refractivity contribution in [3.8, 4) is 5.75 Å². The number of carbonyl (C=O) groups is 1. The van der Waals surface area contributed by atoms with Crippen LogP contribution in [0, 0.1) is 0 Å². The van der Waals surface area contributed by atoms with E-state index in [1.54, 1.807) is 36.7 Å². The van der Waals surface area contributed by atoms with Crippen LogP contribution in [-0.2, 0) is 13.0 Å². The van der Waals surface area contributed by atoms with Crippen LogP contribution in [-0.4, -0.2) is 39.6 Å². The Morgan fingerprint density at radius 2 is 1.82 bits per heavy atom. The minimum absolute atomic E-state index is 0.103. The van der Waals surface area contributed by atoms with Gasteiger partial charge in [-0.3, -0.25) is 14.8 Å². The Labute approximate surface area is 201 Å². The molecule has 168 valence electrons. The Balaban J connectivity index is 1.61. The lowest BCUT2D eigenvalue weighted by atomic mass is 10.1. The summed E-state index contributed by atoms with van der Waals surface area (Å²) in [7, 11) is 1.88. The number of fused-ring (bicyclic) bond motifs is 1. The van der Waals surface area contributed by atoms with Crippen LogP contribution in [0.2, 0.25) is 10.0 Å². The first-order valence-corrected chi connectivity index (χ1v) is 11.0. The second-order valence-electron chi connectivity index (χ2n) is 7.49. The largest absolute Gasteiger partial charge is 0.504 e. The van der Waals surface area contributed by atoms with Crippen molar-refractivity contribution in [2.75, 3.05) is 18.5 Å². The highest BCUT2D eigenvalue weighted by molar-refractivity contribution is 6.34. The van der Waals surface area contributed by atoms with E-state index in [2.05, 4.69) is 20.3 Å². The third-order valence-corrected chi connectivity index (χ3v) is 5.53. The number of likely N-dealkylation sites (N-methyl/N-ethyl adjacent to an activating group) is 1. The van der Waals surface area contributed by atoms with E-state index >= 15 is 0 Å². The molecule has 4 aromatic rings. The summed E-state index contributed by atoms with van der Waals surface area (Å²) in [6.07, 6.45) is 4.01. The first kappa shape index (κ1) is 22.8. The number of aromatic nitrogens is 3. The van der Waals surface area contributed by atoms with E-state index in [4.69, 9.17) is 23.2 Å². The number of hydrogen-bond donors (Lipinski definition) is 2. The Morgan fingerprint density at radius 3 is 2.55 bits per heavy atom. The average Bonchev–Trinajstić information content (AvgIpc) is 2.81. The molecule has 1 aromatic carbocycles. The lowest BCUT2D eigenvalue weighted by molar-refractivity contribution is 0.0943. The monoisotopic (exact) mass is 481 g/mol. The van der Waals surface area contributed by atoms with E-state index in [1.165, 1.54) is 0 Å². The molecule has 1 amide bonds. The molecule has 0 aliphatic heterocycles. The smallest absolute Gasteiger partial charge is 0.274 e. The van der Waals surface area contributed by atoms with Gasteiger partial charge in [0.05, 0.1) is 0 Å². The number of anilines is 1. The number of aromatic hydroxyl groups is 1. The summed E-state index contributed by atoms with van der Waals surface area (Å²) in [5.74, 6) is -0.257. The lowest BCUT2D eigenvalue weighted by Gasteiger charge is -2.21. The SMILES string of the molecule is CN(CCc1ccccn1)c1nc(C(=O)NCc2cc(Cl)cc(Cl)c2)c(O)c2ncccc12. The highest BCUT2D eigenvalue weighted by Crippen LogP contribution is 2.32. The summed E-state index contributed by atoms with van der Waals surface area (Å²) < 4.78 is 0. The van der Waals surface area contributed by atoms with Crippen LogP contribution < -0.4 is 10.2 Å². The molecular weight excluding hydrogens is 461 g/mol. The maximum Gasteiger partial charge on any atom is 0.274 e. The Bertz CT molecular complexity index is 1280. The summed E-state index contributed by atoms with van der Waals surface area (Å²) >= 11 is 12.1. The zero-order valence-corrected chi connectivity index (χ0v) is 19.3. The third-order valence-electron chi connectivity index (χ3n) is 5.10. The first-order chi connectivity index (χ1) is 15.9. The van der Waals surface area contributed by atoms with Gasteiger partial charge >= 0.3 is 0 Å². The van der Waals surface area contributed by atoms with Crippen LogP contribution in [0.15, 0.2) is 60.9 Å². The molecule has 33 heavy (non-hydrogen) atoms. The van der Waals surface area contributed by atoms with E-state index in [1.807, 2.05) is 36.2 Å². The number of halogens is 2. The minimum Gasteiger partial charge on any atom is -0.504 e. The number of rotatable bonds is 7. The van der Waals surface area contributed by atoms with Crippen LogP contribution >= 0.6 is 23.2 Å². The van der Waals surface area contributed by atoms with Crippen molar-refractivity contribution in [1.82, 2.24) is 20.3 Å². The molecule has 0 radical (unpaired) electrons. The molecule has 0 saturated carbocycles. The quantitative estimate of drug-likeness (QED) is 0.399. The maximum atomic E-state index is 13.0. The van der Waals surface area contributed by atoms with Crippen molar-refractivity contribution in [1.29, 1.82) is 0 Å². The molecule has 0 aliphatic rings. The maximum absolute atomic E-state index is 13.0. The van der Waals surface area contributed by atoms with Crippen molar-refractivity contribution < 1.29 is 9.90 Å². The number of nitrogens with zero attached hydrogens (tertiary/aromatic N) is 4. The lowest BCUT2D eigenvalue weighted by Crippen LogP contribution is -2.27. The van der Waals surface area contributed by atoms with Gasteiger partial charge < -0.3 is 15.3 Å². The molecule has 0 saturated heterocycles. The number of pyridine rings is 3. The summed E-state index contributed by atoms with van der Waals surface area (Å²) in [6.45, 7) is 0.784. The van der Waals surface area contributed by atoms with Crippen molar-refractivity contribution >= 4 is 45.8 Å². The number of nitrogens with one attached hydrogen (secondary N) is 1. The molecule has 9 heteroatoms. The average molecular weight is 482 g/mol. The Hall–Kier alpha value is -3.42. The summed E-state index contributed by atoms with van der Waals surface area (Å²) in [6, 6.07) is 14.4. The van der Waals surface area contributed by atoms with Gasteiger partial charge in [0.15, 0.2) is 11.4 Å². The van der Waals surface area contributed by atoms with Crippen LogP contribution in [0.5, 0.6) is 5.75 Å². The fraction of sp³-hybridized carbons (Fsp3) is 0.167. The van der Waals surface area contributed by atoms with Gasteiger partial charge in [-0.05, 0) is 48.0 Å². The number of carbonyl (C=O) groups excluding carboxylic acids is 1. The van der Waals surface area contributed by atoms with Gasteiger partial charge in [0.25, 0.3) is 5.91 Å². The second kappa shape index (κ2) is 10.0. The first-order valence-electron chi connectivity index (χ1n) is 10.2. The van der Waals surface area contributed by atoms with Crippen molar-refractivity contribution in [2.45, 2.75) is 13.0 Å². The van der Waals surface area contributed by atoms with Crippen LogP contribution in [0.1, 0.15) is 21.7 Å². The molecule has 3 heterocycles. The van der Waals surface area contributed by atoms with E-state index in [0.717, 1.165) is 11.3 Å². The predicted molar refractivity (Wildman–Crippen MR) is 130 cm³/mol. The fourth-order valence-electron chi connectivity index (χ4n) is 3.47. The standard InChI is InChI=1S/C24H21Cl2N5O2/c1-31(10-7-18-5-2-3-8-27-18)23-19-6-4-9-28-20(19)22(32)21(30-23)24(33)29-14-15-11-16(25)13-17(26)12-15/h2-6,8-9,11-13,32H,7,10,14H2,1H3,(H,29,33). The van der Waals surface area contributed by atoms with Gasteiger partial charge in [0.2, 0.25) is 0 Å². The van der Waals surface area contributed by atoms with Crippen molar-refractivity contribution in [2.24, 2.45) is 0 Å². The van der Waals surface area contributed by atoms with E-state index in [-0.39, 0.29) is 18.0 Å². The molecule has 0 fully saturated rings. The molecule has 0 aliphatic carbocycles. The van der Waals surface area contributed by atoms with E-state index < -0.39 is 5.91 Å². The van der Waals surface area contributed by atoms with Crippen molar-refractivity contribution in [3.63, 3.8) is 0 Å². The Kier molecular flexibility index (Phi) is 6.91. The Morgan fingerprint density at radius 1 is 1.06 bits per heavy atom. The van der Waals surface area contributed by atoms with Crippen LogP contribution in [0.4, 0.5) is 5.82 Å². The van der Waals surface area contributed by atoms with Gasteiger partial charge in [0.1, 0.15) is 11.3 Å². The number of hydrogen-bond acceptors (Lipinski definition) is 6. The number of benzene rings is 1. The zero-order chi connectivity index (χ0) is 23.4. The minimum atomic E-state index is -0.532. The molecule has 0 bridgehead atoms. The van der Waals surface area contributed by atoms with Gasteiger partial charge in [-0.25, -0.2) is 4.98 Å². The van der Waals surface area contributed by atoms with Crippen molar-refractivity contribution in [3.05, 3.63) is 87.9 Å². The molecule has 0 atom stereocenters. The molecule has 7 nitrogen and oxygen atoms in total. The van der Waals surface area contributed by atoms with E-state index in [9.17, 15) is 9.90 Å². The summed E-state index contributed by atoms with van der Waals surface area (Å²) in [5.41, 5.74) is 1.88.